The zero-order valence-corrected chi connectivity index (χ0v) is 17.6. The van der Waals surface area contributed by atoms with E-state index >= 15 is 0 Å². The summed E-state index contributed by atoms with van der Waals surface area (Å²) in [5.74, 6) is -1.53. The fourth-order valence-corrected chi connectivity index (χ4v) is 3.78. The minimum atomic E-state index is -1.09. The summed E-state index contributed by atoms with van der Waals surface area (Å²) in [4.78, 5) is 54.5. The van der Waals surface area contributed by atoms with Crippen LogP contribution in [0.3, 0.4) is 0 Å². The molecule has 0 unspecified atom stereocenters. The number of benzene rings is 2. The zero-order chi connectivity index (χ0) is 23.4. The second kappa shape index (κ2) is 9.43. The number of hydrogen-bond acceptors (Lipinski definition) is 6. The molecule has 0 radical (unpaired) electrons. The molecule has 1 aliphatic rings. The van der Waals surface area contributed by atoms with Crippen molar-refractivity contribution >= 4 is 23.4 Å². The van der Waals surface area contributed by atoms with Gasteiger partial charge in [-0.15, -0.1) is 0 Å². The molecule has 10 nitrogen and oxygen atoms in total. The monoisotopic (exact) mass is 447 g/mol. The van der Waals surface area contributed by atoms with Crippen molar-refractivity contribution in [1.82, 2.24) is 19.8 Å². The SMILES string of the molecule is O=C(NCCCn1ccnc1)[C@@H](Cc1ccc([N+](=O)[O-])cc1)N1C(=O)c2ccccc2C1=O. The van der Waals surface area contributed by atoms with Gasteiger partial charge >= 0.3 is 0 Å². The first-order valence-electron chi connectivity index (χ1n) is 10.4. The predicted molar refractivity (Wildman–Crippen MR) is 117 cm³/mol. The van der Waals surface area contributed by atoms with E-state index in [1.807, 2.05) is 10.8 Å². The summed E-state index contributed by atoms with van der Waals surface area (Å²) in [5, 5.41) is 13.7. The van der Waals surface area contributed by atoms with Gasteiger partial charge in [0.25, 0.3) is 17.5 Å². The molecule has 3 amide bonds. The largest absolute Gasteiger partial charge is 0.354 e. The number of nitro groups is 1. The van der Waals surface area contributed by atoms with Gasteiger partial charge in [0, 0.05) is 44.0 Å². The smallest absolute Gasteiger partial charge is 0.269 e. The Morgan fingerprint density at radius 1 is 1.06 bits per heavy atom. The predicted octanol–water partition coefficient (Wildman–Crippen LogP) is 2.21. The fourth-order valence-electron chi connectivity index (χ4n) is 3.78. The van der Waals surface area contributed by atoms with E-state index in [1.165, 1.54) is 24.3 Å². The van der Waals surface area contributed by atoms with Gasteiger partial charge in [-0.3, -0.25) is 29.4 Å². The molecule has 10 heteroatoms. The van der Waals surface area contributed by atoms with E-state index in [-0.39, 0.29) is 23.2 Å². The number of rotatable bonds is 9. The Bertz CT molecular complexity index is 1160. The number of imidazole rings is 1. The Morgan fingerprint density at radius 2 is 1.73 bits per heavy atom. The summed E-state index contributed by atoms with van der Waals surface area (Å²) in [6, 6.07) is 11.1. The number of amides is 3. The third kappa shape index (κ3) is 4.64. The number of nitrogens with one attached hydrogen (secondary N) is 1. The van der Waals surface area contributed by atoms with E-state index in [1.54, 1.807) is 36.8 Å². The van der Waals surface area contributed by atoms with E-state index in [0.717, 1.165) is 4.90 Å². The van der Waals surface area contributed by atoms with Gasteiger partial charge in [-0.2, -0.15) is 0 Å². The van der Waals surface area contributed by atoms with Crippen LogP contribution in [0, 0.1) is 10.1 Å². The average molecular weight is 447 g/mol. The molecule has 4 rings (SSSR count). The van der Waals surface area contributed by atoms with Crippen LogP contribution in [0.25, 0.3) is 0 Å². The highest BCUT2D eigenvalue weighted by Crippen LogP contribution is 2.26. The average Bonchev–Trinajstić information content (AvgIpc) is 3.42. The lowest BCUT2D eigenvalue weighted by Crippen LogP contribution is -2.51. The molecule has 0 fully saturated rings. The molecule has 2 aromatic carbocycles. The number of hydrogen-bond donors (Lipinski definition) is 1. The second-order valence-corrected chi connectivity index (χ2v) is 7.61. The van der Waals surface area contributed by atoms with Gasteiger partial charge in [-0.05, 0) is 24.1 Å². The van der Waals surface area contributed by atoms with Crippen molar-refractivity contribution < 1.29 is 19.3 Å². The maximum atomic E-state index is 13.1. The van der Waals surface area contributed by atoms with E-state index < -0.39 is 28.7 Å². The molecule has 0 saturated heterocycles. The summed E-state index contributed by atoms with van der Waals surface area (Å²) >= 11 is 0. The number of fused-ring (bicyclic) bond motifs is 1. The second-order valence-electron chi connectivity index (χ2n) is 7.61. The zero-order valence-electron chi connectivity index (χ0n) is 17.6. The van der Waals surface area contributed by atoms with Crippen LogP contribution in [0.4, 0.5) is 5.69 Å². The van der Waals surface area contributed by atoms with Crippen LogP contribution in [0.2, 0.25) is 0 Å². The van der Waals surface area contributed by atoms with Crippen LogP contribution in [0.1, 0.15) is 32.7 Å². The molecule has 0 spiro atoms. The third-order valence-corrected chi connectivity index (χ3v) is 5.47. The third-order valence-electron chi connectivity index (χ3n) is 5.47. The Labute approximate surface area is 189 Å². The van der Waals surface area contributed by atoms with Crippen molar-refractivity contribution in [1.29, 1.82) is 0 Å². The lowest BCUT2D eigenvalue weighted by Gasteiger charge is -2.25. The molecule has 1 aliphatic heterocycles. The van der Waals surface area contributed by atoms with Crippen molar-refractivity contribution in [2.45, 2.75) is 25.4 Å². The van der Waals surface area contributed by atoms with Gasteiger partial charge in [0.15, 0.2) is 0 Å². The Kier molecular flexibility index (Phi) is 6.25. The molecule has 3 aromatic rings. The fraction of sp³-hybridized carbons (Fsp3) is 0.217. The number of non-ortho nitro benzene ring substituents is 1. The van der Waals surface area contributed by atoms with E-state index in [4.69, 9.17) is 0 Å². The summed E-state index contributed by atoms with van der Waals surface area (Å²) < 4.78 is 1.88. The van der Waals surface area contributed by atoms with E-state index in [9.17, 15) is 24.5 Å². The van der Waals surface area contributed by atoms with Gasteiger partial charge in [0.05, 0.1) is 22.4 Å². The van der Waals surface area contributed by atoms with Crippen LogP contribution in [-0.2, 0) is 17.8 Å². The quantitative estimate of drug-likeness (QED) is 0.232. The lowest BCUT2D eigenvalue weighted by atomic mass is 10.0. The first-order chi connectivity index (χ1) is 16.0. The molecule has 33 heavy (non-hydrogen) atoms. The maximum absolute atomic E-state index is 13.1. The molecule has 2 heterocycles. The molecular weight excluding hydrogens is 426 g/mol. The van der Waals surface area contributed by atoms with Crippen LogP contribution in [-0.4, -0.2) is 49.7 Å². The first kappa shape index (κ1) is 21.9. The summed E-state index contributed by atoms with van der Waals surface area (Å²) in [6.07, 6.45) is 5.84. The van der Waals surface area contributed by atoms with Gasteiger partial charge in [0.2, 0.25) is 5.91 Å². The van der Waals surface area contributed by atoms with Crippen molar-refractivity contribution in [3.8, 4) is 0 Å². The Balaban J connectivity index is 1.52. The van der Waals surface area contributed by atoms with Gasteiger partial charge in [-0.25, -0.2) is 4.98 Å². The number of aromatic nitrogens is 2. The molecule has 1 atom stereocenters. The highest BCUT2D eigenvalue weighted by Gasteiger charge is 2.42. The van der Waals surface area contributed by atoms with Crippen molar-refractivity contribution in [2.24, 2.45) is 0 Å². The summed E-state index contributed by atoms with van der Waals surface area (Å²) in [6.45, 7) is 0.997. The van der Waals surface area contributed by atoms with Crippen molar-refractivity contribution in [3.63, 3.8) is 0 Å². The summed E-state index contributed by atoms with van der Waals surface area (Å²) in [7, 11) is 0. The van der Waals surface area contributed by atoms with Crippen molar-refractivity contribution in [3.05, 3.63) is 94.1 Å². The molecule has 1 N–H and O–H groups in total. The van der Waals surface area contributed by atoms with E-state index in [0.29, 0.717) is 25.1 Å². The van der Waals surface area contributed by atoms with Crippen LogP contribution in [0.15, 0.2) is 67.3 Å². The number of nitrogens with zero attached hydrogens (tertiary/aromatic N) is 4. The topological polar surface area (TPSA) is 127 Å². The normalized spacial score (nSPS) is 13.6. The summed E-state index contributed by atoms with van der Waals surface area (Å²) in [5.41, 5.74) is 1.02. The molecule has 0 aliphatic carbocycles. The molecule has 1 aromatic heterocycles. The number of carbonyl (C=O) groups excluding carboxylic acids is 3. The Hall–Kier alpha value is -4.34. The number of aryl methyl sites for hydroxylation is 1. The maximum Gasteiger partial charge on any atom is 0.269 e. The molecule has 0 bridgehead atoms. The van der Waals surface area contributed by atoms with Crippen molar-refractivity contribution in [2.75, 3.05) is 6.54 Å². The standard InChI is InChI=1S/C23H21N5O5/c29-21(25-10-3-12-26-13-11-24-15-26)20(14-16-6-8-17(9-7-16)28(32)33)27-22(30)18-4-1-2-5-19(18)23(27)31/h1-2,4-9,11,13,15,20H,3,10,12,14H2,(H,25,29)/t20-/m1/s1. The molecule has 168 valence electrons. The highest BCUT2D eigenvalue weighted by molar-refractivity contribution is 6.22. The highest BCUT2D eigenvalue weighted by atomic mass is 16.6. The molecule has 0 saturated carbocycles. The first-order valence-corrected chi connectivity index (χ1v) is 10.4. The number of carbonyl (C=O) groups is 3. The minimum absolute atomic E-state index is 0.0385. The molecular formula is C23H21N5O5. The van der Waals surface area contributed by atoms with Crippen LogP contribution >= 0.6 is 0 Å². The minimum Gasteiger partial charge on any atom is -0.354 e. The lowest BCUT2D eigenvalue weighted by molar-refractivity contribution is -0.384. The van der Waals surface area contributed by atoms with Crippen LogP contribution in [0.5, 0.6) is 0 Å². The van der Waals surface area contributed by atoms with Gasteiger partial charge < -0.3 is 9.88 Å². The Morgan fingerprint density at radius 3 is 2.30 bits per heavy atom. The van der Waals surface area contributed by atoms with Crippen LogP contribution < -0.4 is 5.32 Å². The van der Waals surface area contributed by atoms with E-state index in [2.05, 4.69) is 10.3 Å². The number of imide groups is 1. The van der Waals surface area contributed by atoms with Gasteiger partial charge in [0.1, 0.15) is 6.04 Å². The number of nitro benzene ring substituents is 1. The van der Waals surface area contributed by atoms with Gasteiger partial charge in [-0.1, -0.05) is 24.3 Å².